The van der Waals surface area contributed by atoms with E-state index in [-0.39, 0.29) is 5.54 Å². The minimum absolute atomic E-state index is 0.0345. The van der Waals surface area contributed by atoms with Crippen LogP contribution in [0.2, 0.25) is 0 Å². The third-order valence-electron chi connectivity index (χ3n) is 3.90. The molecule has 1 atom stereocenters. The van der Waals surface area contributed by atoms with Crippen molar-refractivity contribution in [1.82, 2.24) is 5.32 Å². The number of nitrogens with one attached hydrogen (secondary N) is 1. The molecule has 0 aliphatic carbocycles. The molecule has 1 fully saturated rings. The number of benzene rings is 1. The zero-order valence-corrected chi connectivity index (χ0v) is 14.5. The van der Waals surface area contributed by atoms with E-state index < -0.39 is 0 Å². The van der Waals surface area contributed by atoms with Crippen LogP contribution in [0.3, 0.4) is 0 Å². The van der Waals surface area contributed by atoms with Crippen molar-refractivity contribution in [2.45, 2.75) is 39.3 Å². The number of anilines is 1. The Balaban J connectivity index is 2.39. The Morgan fingerprint density at radius 3 is 2.85 bits per heavy atom. The van der Waals surface area contributed by atoms with Gasteiger partial charge in [-0.3, -0.25) is 0 Å². The highest BCUT2D eigenvalue weighted by Gasteiger charge is 2.32. The van der Waals surface area contributed by atoms with Crippen LogP contribution in [0, 0.1) is 0 Å². The molecule has 3 nitrogen and oxygen atoms in total. The van der Waals surface area contributed by atoms with Gasteiger partial charge in [-0.25, -0.2) is 0 Å². The van der Waals surface area contributed by atoms with Gasteiger partial charge >= 0.3 is 0 Å². The number of hydrogen-bond donors (Lipinski definition) is 1. The lowest BCUT2D eigenvalue weighted by Gasteiger charge is -2.45. The Bertz CT molecular complexity index is 462. The van der Waals surface area contributed by atoms with Gasteiger partial charge in [0.2, 0.25) is 0 Å². The summed E-state index contributed by atoms with van der Waals surface area (Å²) in [5.41, 5.74) is 2.69. The molecule has 1 saturated heterocycles. The van der Waals surface area contributed by atoms with E-state index in [9.17, 15) is 0 Å². The monoisotopic (exact) mass is 340 g/mol. The summed E-state index contributed by atoms with van der Waals surface area (Å²) in [6, 6.07) is 6.92. The fourth-order valence-corrected chi connectivity index (χ4v) is 3.22. The van der Waals surface area contributed by atoms with Crippen molar-refractivity contribution >= 4 is 21.6 Å². The van der Waals surface area contributed by atoms with Crippen molar-refractivity contribution < 1.29 is 4.74 Å². The van der Waals surface area contributed by atoms with Crippen LogP contribution >= 0.6 is 15.9 Å². The third-order valence-corrected chi connectivity index (χ3v) is 4.40. The van der Waals surface area contributed by atoms with E-state index in [1.54, 1.807) is 0 Å². The molecule has 20 heavy (non-hydrogen) atoms. The Labute approximate surface area is 130 Å². The minimum atomic E-state index is 0.0345. The first-order valence-corrected chi connectivity index (χ1v) is 8.13. The van der Waals surface area contributed by atoms with Gasteiger partial charge in [0.05, 0.1) is 18.8 Å². The summed E-state index contributed by atoms with van der Waals surface area (Å²) in [4.78, 5) is 2.48. The molecule has 0 radical (unpaired) electrons. The smallest absolute Gasteiger partial charge is 0.0694 e. The summed E-state index contributed by atoms with van der Waals surface area (Å²) in [5.74, 6) is 0. The van der Waals surface area contributed by atoms with Gasteiger partial charge in [-0.05, 0) is 51.1 Å². The highest BCUT2D eigenvalue weighted by Crippen LogP contribution is 2.34. The molecule has 0 spiro atoms. The lowest BCUT2D eigenvalue weighted by Crippen LogP contribution is -2.53. The molecule has 1 unspecified atom stereocenters. The van der Waals surface area contributed by atoms with Gasteiger partial charge in [-0.2, -0.15) is 0 Å². The van der Waals surface area contributed by atoms with Crippen molar-refractivity contribution in [3.05, 3.63) is 28.2 Å². The molecule has 1 aromatic rings. The number of nitrogens with zero attached hydrogens (tertiary/aromatic N) is 1. The number of morpholine rings is 1. The van der Waals surface area contributed by atoms with Crippen LogP contribution in [-0.4, -0.2) is 31.8 Å². The van der Waals surface area contributed by atoms with Crippen molar-refractivity contribution in [1.29, 1.82) is 0 Å². The predicted octanol–water partition coefficient (Wildman–Crippen LogP) is 3.73. The van der Waals surface area contributed by atoms with Crippen molar-refractivity contribution in [3.8, 4) is 0 Å². The fraction of sp³-hybridized carbons (Fsp3) is 0.625. The lowest BCUT2D eigenvalue weighted by molar-refractivity contribution is 0.0642. The maximum atomic E-state index is 5.64. The fourth-order valence-electron chi connectivity index (χ4n) is 2.84. The zero-order chi connectivity index (χ0) is 14.8. The molecule has 0 saturated carbocycles. The van der Waals surface area contributed by atoms with Gasteiger partial charge in [-0.1, -0.05) is 22.9 Å². The summed E-state index contributed by atoms with van der Waals surface area (Å²) in [7, 11) is 0. The molecule has 0 bridgehead atoms. The molecule has 4 heteroatoms. The number of hydrogen-bond acceptors (Lipinski definition) is 3. The number of halogens is 1. The highest BCUT2D eigenvalue weighted by atomic mass is 79.9. The van der Waals surface area contributed by atoms with E-state index in [0.717, 1.165) is 30.8 Å². The highest BCUT2D eigenvalue weighted by molar-refractivity contribution is 9.10. The first kappa shape index (κ1) is 15.8. The van der Waals surface area contributed by atoms with E-state index in [0.29, 0.717) is 6.04 Å². The van der Waals surface area contributed by atoms with E-state index in [4.69, 9.17) is 4.74 Å². The van der Waals surface area contributed by atoms with Crippen LogP contribution in [0.25, 0.3) is 0 Å². The average Bonchev–Trinajstić information content (AvgIpc) is 2.39. The molecule has 0 aromatic heterocycles. The van der Waals surface area contributed by atoms with Crippen LogP contribution in [0.1, 0.15) is 39.3 Å². The van der Waals surface area contributed by atoms with E-state index in [2.05, 4.69) is 72.0 Å². The third kappa shape index (κ3) is 3.35. The van der Waals surface area contributed by atoms with Gasteiger partial charge in [0.25, 0.3) is 0 Å². The molecule has 1 heterocycles. The Kier molecular flexibility index (Phi) is 5.10. The Morgan fingerprint density at radius 1 is 1.45 bits per heavy atom. The minimum Gasteiger partial charge on any atom is -0.377 e. The number of rotatable bonds is 4. The standard InChI is InChI=1S/C16H25BrN2O/c1-5-18-12(2)14-10-13(17)6-7-15(14)19-8-9-20-11-16(19,3)4/h6-7,10,12,18H,5,8-9,11H2,1-4H3. The largest absolute Gasteiger partial charge is 0.377 e. The molecule has 1 aliphatic heterocycles. The summed E-state index contributed by atoms with van der Waals surface area (Å²) >= 11 is 3.60. The van der Waals surface area contributed by atoms with Crippen LogP contribution < -0.4 is 10.2 Å². The summed E-state index contributed by atoms with van der Waals surface area (Å²) < 4.78 is 6.77. The quantitative estimate of drug-likeness (QED) is 0.903. The normalized spacial score (nSPS) is 19.9. The second-order valence-corrected chi connectivity index (χ2v) is 6.91. The van der Waals surface area contributed by atoms with Crippen LogP contribution in [-0.2, 0) is 4.74 Å². The van der Waals surface area contributed by atoms with Gasteiger partial charge in [0, 0.05) is 22.7 Å². The van der Waals surface area contributed by atoms with Crippen molar-refractivity contribution in [2.24, 2.45) is 0 Å². The molecule has 1 aliphatic rings. The Morgan fingerprint density at radius 2 is 2.20 bits per heavy atom. The van der Waals surface area contributed by atoms with Gasteiger partial charge < -0.3 is 15.0 Å². The summed E-state index contributed by atoms with van der Waals surface area (Å²) in [6.45, 7) is 12.4. The first-order chi connectivity index (χ1) is 9.45. The maximum Gasteiger partial charge on any atom is 0.0694 e. The molecular formula is C16H25BrN2O. The van der Waals surface area contributed by atoms with Gasteiger partial charge in [-0.15, -0.1) is 0 Å². The Hall–Kier alpha value is -0.580. The molecule has 0 amide bonds. The number of ether oxygens (including phenoxy) is 1. The van der Waals surface area contributed by atoms with Crippen LogP contribution in [0.4, 0.5) is 5.69 Å². The van der Waals surface area contributed by atoms with E-state index in [1.807, 2.05) is 0 Å². The van der Waals surface area contributed by atoms with Crippen LogP contribution in [0.5, 0.6) is 0 Å². The van der Waals surface area contributed by atoms with E-state index >= 15 is 0 Å². The van der Waals surface area contributed by atoms with Crippen molar-refractivity contribution in [3.63, 3.8) is 0 Å². The maximum absolute atomic E-state index is 5.64. The first-order valence-electron chi connectivity index (χ1n) is 7.34. The van der Waals surface area contributed by atoms with Crippen molar-refractivity contribution in [2.75, 3.05) is 31.2 Å². The SMILES string of the molecule is CCNC(C)c1cc(Br)ccc1N1CCOCC1(C)C. The second-order valence-electron chi connectivity index (χ2n) is 6.00. The summed E-state index contributed by atoms with van der Waals surface area (Å²) in [5, 5.41) is 3.52. The van der Waals surface area contributed by atoms with Gasteiger partial charge in [0.1, 0.15) is 0 Å². The molecule has 2 rings (SSSR count). The zero-order valence-electron chi connectivity index (χ0n) is 12.9. The summed E-state index contributed by atoms with van der Waals surface area (Å²) in [6.07, 6.45) is 0. The molecular weight excluding hydrogens is 316 g/mol. The lowest BCUT2D eigenvalue weighted by atomic mass is 9.97. The molecule has 1 N–H and O–H groups in total. The topological polar surface area (TPSA) is 24.5 Å². The van der Waals surface area contributed by atoms with Gasteiger partial charge in [0.15, 0.2) is 0 Å². The van der Waals surface area contributed by atoms with Crippen LogP contribution in [0.15, 0.2) is 22.7 Å². The van der Waals surface area contributed by atoms with E-state index in [1.165, 1.54) is 11.3 Å². The molecule has 112 valence electrons. The second kappa shape index (κ2) is 6.46. The molecule has 1 aromatic carbocycles. The average molecular weight is 341 g/mol. The predicted molar refractivity (Wildman–Crippen MR) is 88.5 cm³/mol.